The number of halogens is 1. The van der Waals surface area contributed by atoms with Crippen molar-refractivity contribution in [2.45, 2.75) is 38.5 Å². The number of Topliss-reactive ketones (excluding diaryl/α,β-unsaturated/α-hetero) is 1. The van der Waals surface area contributed by atoms with Crippen molar-refractivity contribution in [3.05, 3.63) is 40.5 Å². The van der Waals surface area contributed by atoms with Gasteiger partial charge in [0.2, 0.25) is 5.37 Å². The zero-order valence-corrected chi connectivity index (χ0v) is 13.4. The Kier molecular flexibility index (Phi) is 5.47. The van der Waals surface area contributed by atoms with Gasteiger partial charge < -0.3 is 0 Å². The van der Waals surface area contributed by atoms with E-state index >= 15 is 0 Å². The smallest absolute Gasteiger partial charge is 0.293 e. The lowest BCUT2D eigenvalue weighted by Gasteiger charge is -2.03. The van der Waals surface area contributed by atoms with E-state index in [1.165, 1.54) is 18.5 Å². The van der Waals surface area contributed by atoms with Crippen molar-refractivity contribution < 1.29 is 9.37 Å². The van der Waals surface area contributed by atoms with Crippen LogP contribution in [0.3, 0.4) is 0 Å². The molecule has 1 unspecified atom stereocenters. The lowest BCUT2D eigenvalue weighted by Crippen LogP contribution is -2.12. The lowest BCUT2D eigenvalue weighted by atomic mass is 10.1. The van der Waals surface area contributed by atoms with Crippen LogP contribution in [0.2, 0.25) is 5.02 Å². The summed E-state index contributed by atoms with van der Waals surface area (Å²) < 4.78 is 2.15. The van der Waals surface area contributed by atoms with Gasteiger partial charge in [-0.05, 0) is 30.7 Å². The Morgan fingerprint density at radius 1 is 1.40 bits per heavy atom. The van der Waals surface area contributed by atoms with Crippen LogP contribution in [-0.2, 0) is 0 Å². The van der Waals surface area contributed by atoms with Crippen LogP contribution in [0.25, 0.3) is 0 Å². The summed E-state index contributed by atoms with van der Waals surface area (Å²) in [5.74, 6) is 3.91. The maximum atomic E-state index is 12.0. The third-order valence-corrected chi connectivity index (χ3v) is 4.62. The fourth-order valence-electron chi connectivity index (χ4n) is 1.93. The zero-order chi connectivity index (χ0) is 14.5. The molecule has 0 aliphatic carbocycles. The van der Waals surface area contributed by atoms with E-state index in [1.807, 2.05) is 0 Å². The van der Waals surface area contributed by atoms with Gasteiger partial charge in [0.1, 0.15) is 0 Å². The highest BCUT2D eigenvalue weighted by atomic mass is 35.5. The number of allylic oxidation sites excluding steroid dienone is 1. The third-order valence-electron chi connectivity index (χ3n) is 3.24. The number of rotatable bonds is 8. The maximum Gasteiger partial charge on any atom is 0.300 e. The number of carbonyl (C=O) groups is 1. The van der Waals surface area contributed by atoms with E-state index < -0.39 is 0 Å². The second-order valence-electron chi connectivity index (χ2n) is 4.87. The molecule has 0 saturated heterocycles. The molecular weight excluding hydrogens is 290 g/mol. The van der Waals surface area contributed by atoms with Gasteiger partial charge in [-0.25, -0.2) is 0 Å². The van der Waals surface area contributed by atoms with Crippen molar-refractivity contribution in [1.29, 1.82) is 0 Å². The molecule has 0 N–H and O–H groups in total. The van der Waals surface area contributed by atoms with Gasteiger partial charge >= 0.3 is 0 Å². The van der Waals surface area contributed by atoms with E-state index in [0.717, 1.165) is 12.0 Å². The molecule has 0 saturated carbocycles. The van der Waals surface area contributed by atoms with Crippen molar-refractivity contribution in [3.8, 4) is 0 Å². The van der Waals surface area contributed by atoms with E-state index in [4.69, 9.17) is 11.6 Å². The van der Waals surface area contributed by atoms with Crippen LogP contribution in [0, 0.1) is 0 Å². The molecule has 1 heterocycles. The lowest BCUT2D eigenvalue weighted by molar-refractivity contribution is -0.439. The first-order chi connectivity index (χ1) is 9.61. The highest BCUT2D eigenvalue weighted by Crippen LogP contribution is 2.23. The molecule has 1 aromatic carbocycles. The summed E-state index contributed by atoms with van der Waals surface area (Å²) >= 11 is 7.47. The molecule has 1 aliphatic heterocycles. The molecule has 2 rings (SSSR count). The average Bonchev–Trinajstić information content (AvgIpc) is 3.22. The van der Waals surface area contributed by atoms with Gasteiger partial charge in [-0.2, -0.15) is 0 Å². The molecule has 2 nitrogen and oxygen atoms in total. The van der Waals surface area contributed by atoms with E-state index in [9.17, 15) is 4.79 Å². The van der Waals surface area contributed by atoms with Crippen LogP contribution in [0.5, 0.6) is 0 Å². The van der Waals surface area contributed by atoms with Gasteiger partial charge in [-0.15, -0.1) is 4.58 Å². The second kappa shape index (κ2) is 7.12. The van der Waals surface area contributed by atoms with Crippen LogP contribution >= 0.6 is 23.4 Å². The fraction of sp³-hybridized carbons (Fsp3) is 0.438. The van der Waals surface area contributed by atoms with E-state index in [2.05, 4.69) is 24.3 Å². The van der Waals surface area contributed by atoms with Crippen molar-refractivity contribution >= 4 is 35.0 Å². The van der Waals surface area contributed by atoms with Gasteiger partial charge in [0, 0.05) is 23.9 Å². The maximum absolute atomic E-state index is 12.0. The van der Waals surface area contributed by atoms with Gasteiger partial charge in [0.25, 0.3) is 11.6 Å². The highest BCUT2D eigenvalue weighted by Gasteiger charge is 2.32. The Morgan fingerprint density at radius 3 is 2.75 bits per heavy atom. The van der Waals surface area contributed by atoms with Crippen molar-refractivity contribution in [2.24, 2.45) is 0 Å². The molecule has 0 bridgehead atoms. The predicted molar refractivity (Wildman–Crippen MR) is 86.0 cm³/mol. The first-order valence-corrected chi connectivity index (χ1v) is 8.36. The summed E-state index contributed by atoms with van der Waals surface area (Å²) in [6, 6.07) is 7.08. The van der Waals surface area contributed by atoms with E-state index in [-0.39, 0.29) is 11.2 Å². The molecule has 0 fully saturated rings. The van der Waals surface area contributed by atoms with Crippen molar-refractivity contribution in [2.75, 3.05) is 5.75 Å². The molecule has 106 valence electrons. The minimum absolute atomic E-state index is 0.149. The molecule has 4 heteroatoms. The minimum atomic E-state index is 0.149. The van der Waals surface area contributed by atoms with E-state index in [0.29, 0.717) is 10.8 Å². The Hall–Kier alpha value is -1.02. The first-order valence-electron chi connectivity index (χ1n) is 6.94. The SMILES string of the molecule is CCCCC1=C=[N+]1C(C)SCC(=O)c1ccc(Cl)cc1. The zero-order valence-electron chi connectivity index (χ0n) is 11.9. The Labute approximate surface area is 129 Å². The third kappa shape index (κ3) is 4.24. The van der Waals surface area contributed by atoms with Crippen LogP contribution in [0.1, 0.15) is 43.5 Å². The molecule has 1 aromatic rings. The monoisotopic (exact) mass is 308 g/mol. The predicted octanol–water partition coefficient (Wildman–Crippen LogP) is 4.37. The van der Waals surface area contributed by atoms with Crippen LogP contribution in [-0.4, -0.2) is 27.4 Å². The summed E-state index contributed by atoms with van der Waals surface area (Å²) in [7, 11) is 0. The number of ketones is 1. The average molecular weight is 309 g/mol. The number of benzene rings is 1. The molecule has 0 radical (unpaired) electrons. The summed E-state index contributed by atoms with van der Waals surface area (Å²) in [4.78, 5) is 12.0. The first kappa shape index (κ1) is 15.4. The number of hydrogen-bond acceptors (Lipinski definition) is 2. The molecule has 20 heavy (non-hydrogen) atoms. The van der Waals surface area contributed by atoms with Crippen LogP contribution < -0.4 is 0 Å². The summed E-state index contributed by atoms with van der Waals surface area (Å²) in [5, 5.41) is 0.948. The number of unbranched alkanes of at least 4 members (excludes halogenated alkanes) is 1. The van der Waals surface area contributed by atoms with Crippen molar-refractivity contribution in [3.63, 3.8) is 0 Å². The van der Waals surface area contributed by atoms with Gasteiger partial charge in [0.05, 0.1) is 5.75 Å². The molecular formula is C16H19ClNOS+. The van der Waals surface area contributed by atoms with Crippen LogP contribution in [0.15, 0.2) is 30.0 Å². The highest BCUT2D eigenvalue weighted by molar-refractivity contribution is 8.00. The van der Waals surface area contributed by atoms with Crippen LogP contribution in [0.4, 0.5) is 0 Å². The van der Waals surface area contributed by atoms with Gasteiger partial charge in [-0.1, -0.05) is 36.7 Å². The fourth-order valence-corrected chi connectivity index (χ4v) is 2.95. The number of hydrogen-bond donors (Lipinski definition) is 0. The Balaban J connectivity index is 1.74. The standard InChI is InChI=1S/C16H19ClNOS/c1-3-4-5-15-10-18(15)12(2)20-11-16(19)13-6-8-14(17)9-7-13/h6-9,12H,3-5,11H2,1-2H3/q+1. The molecule has 0 amide bonds. The normalized spacial score (nSPS) is 14.6. The van der Waals surface area contributed by atoms with Gasteiger partial charge in [0.15, 0.2) is 5.78 Å². The Bertz CT molecular complexity index is 558. The minimum Gasteiger partial charge on any atom is -0.293 e. The number of thioether (sulfide) groups is 1. The summed E-state index contributed by atoms with van der Waals surface area (Å²) in [6.45, 7) is 4.31. The van der Waals surface area contributed by atoms with Gasteiger partial charge in [-0.3, -0.25) is 4.79 Å². The number of nitrogens with zero attached hydrogens (tertiary/aromatic N) is 1. The molecule has 1 aliphatic rings. The second-order valence-corrected chi connectivity index (χ2v) is 6.61. The molecule has 0 spiro atoms. The topological polar surface area (TPSA) is 20.1 Å². The van der Waals surface area contributed by atoms with E-state index in [1.54, 1.807) is 36.0 Å². The van der Waals surface area contributed by atoms with Crippen molar-refractivity contribution in [1.82, 2.24) is 0 Å². The summed E-state index contributed by atoms with van der Waals surface area (Å²) in [5.41, 5.74) is 2.02. The largest absolute Gasteiger partial charge is 0.300 e. The summed E-state index contributed by atoms with van der Waals surface area (Å²) in [6.07, 6.45) is 3.52. The molecule has 1 atom stereocenters. The molecule has 0 aromatic heterocycles. The Morgan fingerprint density at radius 2 is 2.10 bits per heavy atom. The quantitative estimate of drug-likeness (QED) is 0.525. The number of carbonyl (C=O) groups excluding carboxylic acids is 1.